The van der Waals surface area contributed by atoms with Crippen molar-refractivity contribution in [3.05, 3.63) is 65.7 Å². The van der Waals surface area contributed by atoms with Crippen molar-refractivity contribution in [2.45, 2.75) is 45.4 Å². The van der Waals surface area contributed by atoms with Gasteiger partial charge < -0.3 is 14.4 Å². The molecule has 0 aromatic heterocycles. The van der Waals surface area contributed by atoms with Gasteiger partial charge in [-0.3, -0.25) is 4.79 Å². The normalized spacial score (nSPS) is 20.1. The molecule has 2 aromatic rings. The first-order chi connectivity index (χ1) is 13.1. The van der Waals surface area contributed by atoms with Crippen molar-refractivity contribution in [1.82, 2.24) is 4.90 Å². The van der Waals surface area contributed by atoms with Gasteiger partial charge in [0, 0.05) is 13.0 Å². The monoisotopic (exact) mass is 367 g/mol. The lowest BCUT2D eigenvalue weighted by Crippen LogP contribution is -2.54. The van der Waals surface area contributed by atoms with Crippen molar-refractivity contribution in [2.75, 3.05) is 13.7 Å². The molecule has 1 saturated heterocycles. The van der Waals surface area contributed by atoms with Crippen molar-refractivity contribution in [2.24, 2.45) is 5.92 Å². The third-order valence-electron chi connectivity index (χ3n) is 5.01. The highest BCUT2D eigenvalue weighted by atomic mass is 16.5. The van der Waals surface area contributed by atoms with Crippen LogP contribution in [0.2, 0.25) is 0 Å². The maximum atomic E-state index is 13.2. The van der Waals surface area contributed by atoms with E-state index in [1.807, 2.05) is 59.5 Å². The van der Waals surface area contributed by atoms with Crippen LogP contribution < -0.4 is 4.74 Å². The van der Waals surface area contributed by atoms with E-state index in [1.54, 1.807) is 7.11 Å². The summed E-state index contributed by atoms with van der Waals surface area (Å²) in [6.07, 6.45) is 1.15. The summed E-state index contributed by atoms with van der Waals surface area (Å²) in [5.74, 6) is 1.43. The Morgan fingerprint density at radius 3 is 2.41 bits per heavy atom. The molecule has 1 aliphatic heterocycles. The summed E-state index contributed by atoms with van der Waals surface area (Å²) < 4.78 is 11.2. The molecule has 0 spiro atoms. The smallest absolute Gasteiger partial charge is 0.252 e. The average Bonchev–Trinajstić information content (AvgIpc) is 2.68. The van der Waals surface area contributed by atoms with Gasteiger partial charge >= 0.3 is 0 Å². The summed E-state index contributed by atoms with van der Waals surface area (Å²) in [5.41, 5.74) is 2.24. The molecule has 1 amide bonds. The Kier molecular flexibility index (Phi) is 6.51. The van der Waals surface area contributed by atoms with Crippen LogP contribution in [0.3, 0.4) is 0 Å². The Morgan fingerprint density at radius 1 is 1.07 bits per heavy atom. The van der Waals surface area contributed by atoms with Crippen LogP contribution in [-0.4, -0.2) is 36.7 Å². The largest absolute Gasteiger partial charge is 0.497 e. The second kappa shape index (κ2) is 9.05. The maximum absolute atomic E-state index is 13.2. The minimum absolute atomic E-state index is 0.0894. The molecular formula is C23H29NO3. The topological polar surface area (TPSA) is 38.8 Å². The van der Waals surface area contributed by atoms with Crippen LogP contribution in [0.5, 0.6) is 5.75 Å². The molecule has 0 saturated carbocycles. The Labute approximate surface area is 162 Å². The van der Waals surface area contributed by atoms with Gasteiger partial charge in [-0.25, -0.2) is 0 Å². The third kappa shape index (κ3) is 5.10. The summed E-state index contributed by atoms with van der Waals surface area (Å²) in [5, 5.41) is 0. The number of carbonyl (C=O) groups is 1. The number of morpholine rings is 1. The van der Waals surface area contributed by atoms with Gasteiger partial charge in [-0.1, -0.05) is 56.3 Å². The van der Waals surface area contributed by atoms with Crippen molar-refractivity contribution in [3.8, 4) is 5.75 Å². The van der Waals surface area contributed by atoms with E-state index in [9.17, 15) is 4.79 Å². The Hall–Kier alpha value is -2.33. The fourth-order valence-electron chi connectivity index (χ4n) is 3.60. The van der Waals surface area contributed by atoms with Crippen LogP contribution in [0.1, 0.15) is 31.4 Å². The van der Waals surface area contributed by atoms with E-state index in [-0.39, 0.29) is 11.9 Å². The van der Waals surface area contributed by atoms with Crippen LogP contribution in [0, 0.1) is 5.92 Å². The molecule has 144 valence electrons. The van der Waals surface area contributed by atoms with Gasteiger partial charge in [-0.05, 0) is 35.6 Å². The predicted molar refractivity (Wildman–Crippen MR) is 107 cm³/mol. The highest BCUT2D eigenvalue weighted by Crippen LogP contribution is 2.24. The Balaban J connectivity index is 1.76. The number of ether oxygens (including phenoxy) is 2. The van der Waals surface area contributed by atoms with Crippen LogP contribution in [0.15, 0.2) is 54.6 Å². The molecule has 0 bridgehead atoms. The zero-order chi connectivity index (χ0) is 19.2. The number of methoxy groups -OCH3 is 1. The van der Waals surface area contributed by atoms with Gasteiger partial charge in [0.05, 0.1) is 19.8 Å². The summed E-state index contributed by atoms with van der Waals surface area (Å²) in [7, 11) is 1.66. The molecule has 2 atom stereocenters. The zero-order valence-electron chi connectivity index (χ0n) is 16.4. The number of amides is 1. The molecule has 1 fully saturated rings. The summed E-state index contributed by atoms with van der Waals surface area (Å²) in [4.78, 5) is 15.2. The predicted octanol–water partition coefficient (Wildman–Crippen LogP) is 4.08. The van der Waals surface area contributed by atoms with Crippen molar-refractivity contribution in [3.63, 3.8) is 0 Å². The zero-order valence-corrected chi connectivity index (χ0v) is 16.4. The number of benzene rings is 2. The molecule has 4 nitrogen and oxygen atoms in total. The molecule has 1 aliphatic rings. The number of hydrogen-bond donors (Lipinski definition) is 0. The summed E-state index contributed by atoms with van der Waals surface area (Å²) >= 11 is 0. The van der Waals surface area contributed by atoms with Gasteiger partial charge in [-0.2, -0.15) is 0 Å². The first-order valence-electron chi connectivity index (χ1n) is 9.65. The number of hydrogen-bond acceptors (Lipinski definition) is 3. The van der Waals surface area contributed by atoms with Crippen LogP contribution in [-0.2, 0) is 22.5 Å². The van der Waals surface area contributed by atoms with E-state index in [1.165, 1.54) is 0 Å². The lowest BCUT2D eigenvalue weighted by molar-refractivity contribution is -0.161. The molecule has 0 aliphatic carbocycles. The lowest BCUT2D eigenvalue weighted by Gasteiger charge is -2.40. The fourth-order valence-corrected chi connectivity index (χ4v) is 3.60. The lowest BCUT2D eigenvalue weighted by atomic mass is 9.98. The molecule has 1 heterocycles. The van der Waals surface area contributed by atoms with E-state index in [4.69, 9.17) is 9.47 Å². The highest BCUT2D eigenvalue weighted by molar-refractivity contribution is 5.82. The quantitative estimate of drug-likeness (QED) is 0.740. The SMILES string of the molecule is COc1ccc(CN2C(=O)[C@H](Cc3ccccc3)OC[C@@H]2CC(C)C)cc1. The Bertz CT molecular complexity index is 727. The van der Waals surface area contributed by atoms with Crippen molar-refractivity contribution in [1.29, 1.82) is 0 Å². The van der Waals surface area contributed by atoms with Gasteiger partial charge in [0.15, 0.2) is 0 Å². The first-order valence-corrected chi connectivity index (χ1v) is 9.65. The second-order valence-corrected chi connectivity index (χ2v) is 7.61. The minimum atomic E-state index is -0.408. The molecule has 2 aromatic carbocycles. The molecule has 0 unspecified atom stereocenters. The molecule has 0 N–H and O–H groups in total. The third-order valence-corrected chi connectivity index (χ3v) is 5.01. The summed E-state index contributed by atoms with van der Waals surface area (Å²) in [6.45, 7) is 5.57. The summed E-state index contributed by atoms with van der Waals surface area (Å²) in [6, 6.07) is 18.1. The second-order valence-electron chi connectivity index (χ2n) is 7.61. The molecule has 0 radical (unpaired) electrons. The van der Waals surface area contributed by atoms with Crippen LogP contribution in [0.4, 0.5) is 0 Å². The van der Waals surface area contributed by atoms with Gasteiger partial charge in [0.2, 0.25) is 0 Å². The standard InChI is InChI=1S/C23H29NO3/c1-17(2)13-20-16-27-22(14-18-7-5-4-6-8-18)23(25)24(20)15-19-9-11-21(26-3)12-10-19/h4-12,17,20,22H,13-16H2,1-3H3/t20-,22-/m0/s1. The molecule has 3 rings (SSSR count). The Morgan fingerprint density at radius 2 is 1.78 bits per heavy atom. The van der Waals surface area contributed by atoms with Crippen LogP contribution in [0.25, 0.3) is 0 Å². The van der Waals surface area contributed by atoms with E-state index in [2.05, 4.69) is 13.8 Å². The number of rotatable bonds is 7. The van der Waals surface area contributed by atoms with Crippen molar-refractivity contribution >= 4 is 5.91 Å². The maximum Gasteiger partial charge on any atom is 0.252 e. The number of nitrogens with zero attached hydrogens (tertiary/aromatic N) is 1. The number of carbonyl (C=O) groups excluding carboxylic acids is 1. The average molecular weight is 367 g/mol. The molecular weight excluding hydrogens is 338 g/mol. The van der Waals surface area contributed by atoms with E-state index in [0.717, 1.165) is 23.3 Å². The van der Waals surface area contributed by atoms with Gasteiger partial charge in [0.25, 0.3) is 5.91 Å². The van der Waals surface area contributed by atoms with Crippen molar-refractivity contribution < 1.29 is 14.3 Å². The van der Waals surface area contributed by atoms with Crippen LogP contribution >= 0.6 is 0 Å². The first kappa shape index (κ1) is 19.4. The highest BCUT2D eigenvalue weighted by Gasteiger charge is 2.36. The van der Waals surface area contributed by atoms with Gasteiger partial charge in [-0.15, -0.1) is 0 Å². The molecule has 27 heavy (non-hydrogen) atoms. The van der Waals surface area contributed by atoms with Gasteiger partial charge in [0.1, 0.15) is 11.9 Å². The van der Waals surface area contributed by atoms with E-state index < -0.39 is 6.10 Å². The van der Waals surface area contributed by atoms with E-state index in [0.29, 0.717) is 25.5 Å². The molecule has 4 heteroatoms. The minimum Gasteiger partial charge on any atom is -0.497 e. The van der Waals surface area contributed by atoms with E-state index >= 15 is 0 Å². The fraction of sp³-hybridized carbons (Fsp3) is 0.435.